The highest BCUT2D eigenvalue weighted by Crippen LogP contribution is 2.28. The van der Waals surface area contributed by atoms with E-state index in [1.54, 1.807) is 6.07 Å². The molecule has 15 heavy (non-hydrogen) atoms. The summed E-state index contributed by atoms with van der Waals surface area (Å²) in [6.45, 7) is 0. The third-order valence-corrected chi connectivity index (χ3v) is 2.98. The van der Waals surface area contributed by atoms with Crippen molar-refractivity contribution < 1.29 is 18.1 Å². The monoisotopic (exact) mass is 223 g/mol. The second kappa shape index (κ2) is 3.17. The van der Waals surface area contributed by atoms with Gasteiger partial charge in [0.15, 0.2) is 0 Å². The zero-order chi connectivity index (χ0) is 11.1. The van der Waals surface area contributed by atoms with E-state index < -0.39 is 10.1 Å². The van der Waals surface area contributed by atoms with Crippen molar-refractivity contribution in [2.75, 3.05) is 0 Å². The molecule has 0 radical (unpaired) electrons. The van der Waals surface area contributed by atoms with Gasteiger partial charge in [-0.3, -0.25) is 4.55 Å². The normalized spacial score (nSPS) is 14.1. The van der Waals surface area contributed by atoms with Crippen LogP contribution < -0.4 is 0 Å². The molecule has 0 saturated carbocycles. The maximum atomic E-state index is 11.0. The Kier molecular flexibility index (Phi) is 2.08. The first-order valence-corrected chi connectivity index (χ1v) is 5.54. The maximum Gasteiger partial charge on any atom is 0.297 e. The number of hydrogen-bond acceptors (Lipinski definition) is 3. The van der Waals surface area contributed by atoms with Gasteiger partial charge in [-0.1, -0.05) is 0 Å². The Bertz CT molecular complexity index is 567. The molecule has 0 unspecified atom stereocenters. The van der Waals surface area contributed by atoms with Gasteiger partial charge >= 0.3 is 0 Å². The van der Waals surface area contributed by atoms with Crippen LogP contribution in [0.25, 0.3) is 11.8 Å². The topological polar surface area (TPSA) is 74.6 Å². The van der Waals surface area contributed by atoms with Crippen molar-refractivity contribution in [3.8, 4) is 0 Å². The average molecular weight is 223 g/mol. The number of fused-ring (bicyclic) bond motifs is 1. The second-order valence-electron chi connectivity index (χ2n) is 3.02. The molecule has 5 heteroatoms. The predicted octanol–water partition coefficient (Wildman–Crippen LogP) is 1.66. The predicted molar refractivity (Wildman–Crippen MR) is 54.6 cm³/mol. The Labute approximate surface area is 86.9 Å². The molecule has 0 saturated heterocycles. The van der Waals surface area contributed by atoms with Gasteiger partial charge in [-0.15, -0.1) is 0 Å². The summed E-state index contributed by atoms with van der Waals surface area (Å²) >= 11 is 0. The van der Waals surface area contributed by atoms with Crippen LogP contribution in [0, 0.1) is 6.08 Å². The van der Waals surface area contributed by atoms with Crippen LogP contribution >= 0.6 is 0 Å². The SMILES string of the molecule is O=S(=O)(O)c1cccc2c1C=C[C+]=C2O. The summed E-state index contributed by atoms with van der Waals surface area (Å²) in [6, 6.07) is 4.27. The Morgan fingerprint density at radius 1 is 1.27 bits per heavy atom. The highest BCUT2D eigenvalue weighted by atomic mass is 32.2. The lowest BCUT2D eigenvalue weighted by atomic mass is 10.0. The van der Waals surface area contributed by atoms with Crippen molar-refractivity contribution in [3.05, 3.63) is 41.5 Å². The molecule has 1 aliphatic rings. The molecule has 1 aliphatic carbocycles. The smallest absolute Gasteiger partial charge is 0.297 e. The minimum atomic E-state index is -4.27. The van der Waals surface area contributed by atoms with Crippen molar-refractivity contribution in [1.82, 2.24) is 0 Å². The first-order chi connectivity index (χ1) is 7.00. The van der Waals surface area contributed by atoms with Crippen LogP contribution in [-0.2, 0) is 10.1 Å². The zero-order valence-electron chi connectivity index (χ0n) is 7.51. The number of benzene rings is 1. The summed E-state index contributed by atoms with van der Waals surface area (Å²) in [5.74, 6) is -0.141. The molecule has 0 bridgehead atoms. The number of rotatable bonds is 1. The van der Waals surface area contributed by atoms with Crippen molar-refractivity contribution in [2.45, 2.75) is 4.90 Å². The zero-order valence-corrected chi connectivity index (χ0v) is 8.32. The third kappa shape index (κ3) is 1.64. The van der Waals surface area contributed by atoms with E-state index in [0.29, 0.717) is 5.56 Å². The highest BCUT2D eigenvalue weighted by molar-refractivity contribution is 7.85. The molecule has 4 nitrogen and oxygen atoms in total. The van der Waals surface area contributed by atoms with Crippen LogP contribution in [0.15, 0.2) is 29.2 Å². The quantitative estimate of drug-likeness (QED) is 0.561. The van der Waals surface area contributed by atoms with E-state index in [2.05, 4.69) is 6.08 Å². The lowest BCUT2D eigenvalue weighted by molar-refractivity contribution is 0.482. The molecule has 0 heterocycles. The molecule has 1 aromatic carbocycles. The number of aliphatic hydroxyl groups is 1. The van der Waals surface area contributed by atoms with E-state index in [1.807, 2.05) is 0 Å². The van der Waals surface area contributed by atoms with E-state index in [0.717, 1.165) is 0 Å². The maximum absolute atomic E-state index is 11.0. The van der Waals surface area contributed by atoms with E-state index in [-0.39, 0.29) is 16.2 Å². The number of hydrogen-bond donors (Lipinski definition) is 2. The van der Waals surface area contributed by atoms with Gasteiger partial charge in [0.2, 0.25) is 0 Å². The molecular formula is C10H7O4S+. The van der Waals surface area contributed by atoms with Gasteiger partial charge in [-0.25, -0.2) is 0 Å². The molecule has 76 valence electrons. The average Bonchev–Trinajstić information content (AvgIpc) is 2.16. The Hall–Kier alpha value is -1.68. The first kappa shape index (κ1) is 9.86. The standard InChI is InChI=1S/C10H6O4S/c11-9-5-1-4-8-7(9)3-2-6-10(8)15(12,13)14/h1-4,6H,(H-,11,12,13,14)/p+1. The van der Waals surface area contributed by atoms with Gasteiger partial charge in [-0.05, 0) is 12.1 Å². The van der Waals surface area contributed by atoms with Gasteiger partial charge in [0.25, 0.3) is 15.9 Å². The summed E-state index contributed by atoms with van der Waals surface area (Å²) in [5, 5.41) is 9.43. The minimum Gasteiger partial charge on any atom is -0.480 e. The second-order valence-corrected chi connectivity index (χ2v) is 4.41. The van der Waals surface area contributed by atoms with Gasteiger partial charge < -0.3 is 5.11 Å². The van der Waals surface area contributed by atoms with Crippen molar-refractivity contribution in [2.24, 2.45) is 0 Å². The summed E-state index contributed by atoms with van der Waals surface area (Å²) < 4.78 is 31.0. The number of allylic oxidation sites excluding steroid dienone is 2. The molecule has 0 spiro atoms. The van der Waals surface area contributed by atoms with Crippen LogP contribution in [0.4, 0.5) is 0 Å². The molecule has 0 aromatic heterocycles. The molecule has 0 amide bonds. The van der Waals surface area contributed by atoms with E-state index >= 15 is 0 Å². The third-order valence-electron chi connectivity index (χ3n) is 2.07. The molecule has 1 aromatic rings. The van der Waals surface area contributed by atoms with E-state index in [4.69, 9.17) is 4.55 Å². The van der Waals surface area contributed by atoms with E-state index in [1.165, 1.54) is 24.3 Å². The first-order valence-electron chi connectivity index (χ1n) is 4.10. The van der Waals surface area contributed by atoms with Crippen molar-refractivity contribution >= 4 is 22.0 Å². The molecule has 0 fully saturated rings. The Balaban J connectivity index is 2.79. The fraction of sp³-hybridized carbons (Fsp3) is 0. The summed E-state index contributed by atoms with van der Waals surface area (Å²) in [6.07, 6.45) is 5.40. The van der Waals surface area contributed by atoms with Gasteiger partial charge in [-0.2, -0.15) is 8.42 Å². The fourth-order valence-electron chi connectivity index (χ4n) is 1.43. The summed E-state index contributed by atoms with van der Waals surface area (Å²) in [7, 11) is -4.27. The molecule has 0 aliphatic heterocycles. The minimum absolute atomic E-state index is 0.141. The van der Waals surface area contributed by atoms with Crippen molar-refractivity contribution in [1.29, 1.82) is 0 Å². The fourth-order valence-corrected chi connectivity index (χ4v) is 2.14. The molecule has 2 N–H and O–H groups in total. The van der Waals surface area contributed by atoms with Crippen LogP contribution in [0.5, 0.6) is 0 Å². The largest absolute Gasteiger partial charge is 0.480 e. The van der Waals surface area contributed by atoms with Crippen LogP contribution in [0.1, 0.15) is 11.1 Å². The van der Waals surface area contributed by atoms with Crippen molar-refractivity contribution in [3.63, 3.8) is 0 Å². The van der Waals surface area contributed by atoms with E-state index in [9.17, 15) is 13.5 Å². The number of aliphatic hydroxyl groups excluding tert-OH is 1. The van der Waals surface area contributed by atoms with Crippen LogP contribution in [-0.4, -0.2) is 18.1 Å². The lowest BCUT2D eigenvalue weighted by Crippen LogP contribution is -2.04. The molecule has 2 rings (SSSR count). The van der Waals surface area contributed by atoms with Gasteiger partial charge in [0.05, 0.1) is 12.2 Å². The van der Waals surface area contributed by atoms with Gasteiger partial charge in [0.1, 0.15) is 22.1 Å². The lowest BCUT2D eigenvalue weighted by Gasteiger charge is -2.03. The highest BCUT2D eigenvalue weighted by Gasteiger charge is 2.26. The Morgan fingerprint density at radius 3 is 2.67 bits per heavy atom. The Morgan fingerprint density at radius 2 is 2.00 bits per heavy atom. The van der Waals surface area contributed by atoms with Gasteiger partial charge in [0, 0.05) is 6.07 Å². The van der Waals surface area contributed by atoms with Crippen LogP contribution in [0.2, 0.25) is 0 Å². The molecular weight excluding hydrogens is 216 g/mol. The summed E-state index contributed by atoms with van der Waals surface area (Å²) in [5.41, 5.74) is 0.615. The van der Waals surface area contributed by atoms with Crippen LogP contribution in [0.3, 0.4) is 0 Å². The molecule has 0 atom stereocenters. The summed E-state index contributed by atoms with van der Waals surface area (Å²) in [4.78, 5) is -0.218.